The maximum absolute atomic E-state index is 12.4. The van der Waals surface area contributed by atoms with Crippen molar-refractivity contribution in [1.82, 2.24) is 0 Å². The first-order valence-corrected chi connectivity index (χ1v) is 7.71. The van der Waals surface area contributed by atoms with Crippen LogP contribution < -0.4 is 4.74 Å². The third-order valence-electron chi connectivity index (χ3n) is 3.23. The molecule has 0 aliphatic heterocycles. The van der Waals surface area contributed by atoms with Crippen molar-refractivity contribution in [1.29, 1.82) is 0 Å². The van der Waals surface area contributed by atoms with Crippen LogP contribution in [0.2, 0.25) is 0 Å². The molecule has 0 amide bonds. The largest absolute Gasteiger partial charge is 0.507 e. The lowest BCUT2D eigenvalue weighted by Crippen LogP contribution is -1.99. The van der Waals surface area contributed by atoms with Crippen LogP contribution in [0, 0.1) is 0 Å². The normalized spacial score (nSPS) is 10.9. The first-order chi connectivity index (χ1) is 11.0. The van der Waals surface area contributed by atoms with E-state index < -0.39 is 0 Å². The van der Waals surface area contributed by atoms with Gasteiger partial charge in [-0.1, -0.05) is 18.2 Å². The highest BCUT2D eigenvalue weighted by Crippen LogP contribution is 2.30. The Morgan fingerprint density at radius 1 is 1.22 bits per heavy atom. The summed E-state index contributed by atoms with van der Waals surface area (Å²) in [5.41, 5.74) is 2.00. The molecule has 5 heteroatoms. The van der Waals surface area contributed by atoms with Crippen LogP contribution in [0.15, 0.2) is 46.9 Å². The lowest BCUT2D eigenvalue weighted by atomic mass is 10.1. The summed E-state index contributed by atoms with van der Waals surface area (Å²) < 4.78 is 10.5. The average molecular weight is 377 g/mol. The van der Waals surface area contributed by atoms with Gasteiger partial charge in [0.1, 0.15) is 11.5 Å². The Bertz CT molecular complexity index is 721. The van der Waals surface area contributed by atoms with Crippen molar-refractivity contribution in [2.24, 2.45) is 0 Å². The van der Waals surface area contributed by atoms with Crippen LogP contribution >= 0.6 is 15.9 Å². The Kier molecular flexibility index (Phi) is 5.96. The van der Waals surface area contributed by atoms with E-state index >= 15 is 0 Å². The van der Waals surface area contributed by atoms with Crippen molar-refractivity contribution >= 4 is 27.8 Å². The third kappa shape index (κ3) is 4.43. The minimum Gasteiger partial charge on any atom is -0.507 e. The van der Waals surface area contributed by atoms with Gasteiger partial charge in [-0.05, 0) is 57.4 Å². The second kappa shape index (κ2) is 7.94. The number of carbonyl (C=O) groups is 1. The second-order valence-corrected chi connectivity index (χ2v) is 5.67. The smallest absolute Gasteiger partial charge is 0.187 e. The third-order valence-corrected chi connectivity index (χ3v) is 4.07. The Hall–Kier alpha value is -2.11. The van der Waals surface area contributed by atoms with Crippen molar-refractivity contribution in [3.63, 3.8) is 0 Å². The molecule has 0 atom stereocenters. The van der Waals surface area contributed by atoms with Crippen LogP contribution in [-0.2, 0) is 11.3 Å². The average Bonchev–Trinajstić information content (AvgIpc) is 2.56. The molecule has 0 aromatic heterocycles. The van der Waals surface area contributed by atoms with E-state index in [9.17, 15) is 9.90 Å². The summed E-state index contributed by atoms with van der Waals surface area (Å²) in [4.78, 5) is 12.4. The Balaban J connectivity index is 2.23. The van der Waals surface area contributed by atoms with Gasteiger partial charge in [0.15, 0.2) is 5.78 Å². The number of ether oxygens (including phenoxy) is 2. The summed E-state index contributed by atoms with van der Waals surface area (Å²) >= 11 is 3.25. The number of hydrogen-bond donors (Lipinski definition) is 1. The van der Waals surface area contributed by atoms with Gasteiger partial charge in [0, 0.05) is 12.7 Å². The van der Waals surface area contributed by atoms with Gasteiger partial charge >= 0.3 is 0 Å². The zero-order chi connectivity index (χ0) is 16.8. The fourth-order valence-electron chi connectivity index (χ4n) is 2.07. The number of aromatic hydroxyl groups is 1. The topological polar surface area (TPSA) is 55.8 Å². The first-order valence-electron chi connectivity index (χ1n) is 6.92. The zero-order valence-electron chi connectivity index (χ0n) is 12.9. The highest BCUT2D eigenvalue weighted by molar-refractivity contribution is 9.10. The molecule has 120 valence electrons. The molecule has 4 nitrogen and oxygen atoms in total. The highest BCUT2D eigenvalue weighted by Gasteiger charge is 2.13. The Labute approximate surface area is 143 Å². The van der Waals surface area contributed by atoms with Gasteiger partial charge < -0.3 is 14.6 Å². The van der Waals surface area contributed by atoms with Crippen LogP contribution in [-0.4, -0.2) is 25.1 Å². The number of methoxy groups -OCH3 is 2. The lowest BCUT2D eigenvalue weighted by molar-refractivity contribution is 0.104. The SMILES string of the molecule is COCc1cc(O)c(Br)c(C(=O)/C=C/c2ccc(OC)cc2)c1. The predicted molar refractivity (Wildman–Crippen MR) is 92.9 cm³/mol. The van der Waals surface area contributed by atoms with E-state index in [1.54, 1.807) is 32.4 Å². The van der Waals surface area contributed by atoms with E-state index in [0.717, 1.165) is 16.9 Å². The molecule has 0 unspecified atom stereocenters. The minimum absolute atomic E-state index is 0.0146. The maximum atomic E-state index is 12.4. The summed E-state index contributed by atoms with van der Waals surface area (Å²) in [6, 6.07) is 10.6. The molecule has 0 saturated carbocycles. The highest BCUT2D eigenvalue weighted by atomic mass is 79.9. The molecule has 0 aliphatic rings. The zero-order valence-corrected chi connectivity index (χ0v) is 14.5. The summed E-state index contributed by atoms with van der Waals surface area (Å²) in [7, 11) is 3.16. The number of halogens is 1. The number of benzene rings is 2. The molecule has 0 aliphatic carbocycles. The quantitative estimate of drug-likeness (QED) is 0.606. The van der Waals surface area contributed by atoms with E-state index in [0.29, 0.717) is 16.6 Å². The van der Waals surface area contributed by atoms with Crippen LogP contribution in [0.25, 0.3) is 6.08 Å². The molecular formula is C18H17BrO4. The van der Waals surface area contributed by atoms with Gasteiger partial charge in [-0.15, -0.1) is 0 Å². The number of phenols is 1. The molecule has 23 heavy (non-hydrogen) atoms. The number of allylic oxidation sites excluding steroid dienone is 1. The van der Waals surface area contributed by atoms with Crippen molar-refractivity contribution in [3.05, 3.63) is 63.6 Å². The number of hydrogen-bond acceptors (Lipinski definition) is 4. The van der Waals surface area contributed by atoms with E-state index in [1.165, 1.54) is 6.08 Å². The molecule has 0 saturated heterocycles. The predicted octanol–water partition coefficient (Wildman–Crippen LogP) is 4.21. The van der Waals surface area contributed by atoms with E-state index in [4.69, 9.17) is 9.47 Å². The second-order valence-electron chi connectivity index (χ2n) is 4.88. The van der Waals surface area contributed by atoms with E-state index in [2.05, 4.69) is 15.9 Å². The number of rotatable bonds is 6. The summed E-state index contributed by atoms with van der Waals surface area (Å²) in [6.07, 6.45) is 3.19. The van der Waals surface area contributed by atoms with Crippen molar-refractivity contribution in [2.45, 2.75) is 6.61 Å². The minimum atomic E-state index is -0.207. The van der Waals surface area contributed by atoms with E-state index in [-0.39, 0.29) is 11.5 Å². The van der Waals surface area contributed by atoms with Gasteiger partial charge in [0.25, 0.3) is 0 Å². The fourth-order valence-corrected chi connectivity index (χ4v) is 2.50. The van der Waals surface area contributed by atoms with Gasteiger partial charge in [-0.25, -0.2) is 0 Å². The molecule has 0 bridgehead atoms. The Morgan fingerprint density at radius 2 is 1.91 bits per heavy atom. The first kappa shape index (κ1) is 17.2. The van der Waals surface area contributed by atoms with Crippen LogP contribution in [0.5, 0.6) is 11.5 Å². The van der Waals surface area contributed by atoms with Gasteiger partial charge in [0.2, 0.25) is 0 Å². The monoisotopic (exact) mass is 376 g/mol. The number of carbonyl (C=O) groups excluding carboxylic acids is 1. The standard InChI is InChI=1S/C18H17BrO4/c1-22-11-13-9-15(18(19)17(21)10-13)16(20)8-5-12-3-6-14(23-2)7-4-12/h3-10,21H,11H2,1-2H3/b8-5+. The molecular weight excluding hydrogens is 360 g/mol. The molecule has 2 aromatic rings. The molecule has 1 N–H and O–H groups in total. The van der Waals surface area contributed by atoms with Crippen LogP contribution in [0.1, 0.15) is 21.5 Å². The molecule has 0 radical (unpaired) electrons. The lowest BCUT2D eigenvalue weighted by Gasteiger charge is -2.07. The Morgan fingerprint density at radius 3 is 2.52 bits per heavy atom. The van der Waals surface area contributed by atoms with Crippen molar-refractivity contribution < 1.29 is 19.4 Å². The maximum Gasteiger partial charge on any atom is 0.187 e. The fraction of sp³-hybridized carbons (Fsp3) is 0.167. The van der Waals surface area contributed by atoms with Crippen molar-refractivity contribution in [3.8, 4) is 11.5 Å². The van der Waals surface area contributed by atoms with E-state index in [1.807, 2.05) is 24.3 Å². The molecule has 2 aromatic carbocycles. The van der Waals surface area contributed by atoms with Crippen molar-refractivity contribution in [2.75, 3.05) is 14.2 Å². The van der Waals surface area contributed by atoms with Crippen LogP contribution in [0.4, 0.5) is 0 Å². The summed E-state index contributed by atoms with van der Waals surface area (Å²) in [5, 5.41) is 9.91. The van der Waals surface area contributed by atoms with Gasteiger partial charge in [0.05, 0.1) is 18.2 Å². The molecule has 2 rings (SSSR count). The number of phenolic OH excluding ortho intramolecular Hbond substituents is 1. The van der Waals surface area contributed by atoms with Gasteiger partial charge in [-0.2, -0.15) is 0 Å². The molecule has 0 heterocycles. The number of ketones is 1. The van der Waals surface area contributed by atoms with Gasteiger partial charge in [-0.3, -0.25) is 4.79 Å². The summed E-state index contributed by atoms with van der Waals surface area (Å²) in [5.74, 6) is 0.565. The summed E-state index contributed by atoms with van der Waals surface area (Å²) in [6.45, 7) is 0.323. The van der Waals surface area contributed by atoms with Crippen LogP contribution in [0.3, 0.4) is 0 Å². The molecule has 0 fully saturated rings. The molecule has 0 spiro atoms.